The molecule has 2 aromatic heterocycles. The molecule has 1 aliphatic carbocycles. The predicted molar refractivity (Wildman–Crippen MR) is 119 cm³/mol. The van der Waals surface area contributed by atoms with E-state index < -0.39 is 10.0 Å². The third kappa shape index (κ3) is 4.23. The van der Waals surface area contributed by atoms with Gasteiger partial charge in [-0.25, -0.2) is 17.7 Å². The molecule has 0 aromatic carbocycles. The number of pyridine rings is 1. The maximum atomic E-state index is 13.3. The monoisotopic (exact) mass is 447 g/mol. The van der Waals surface area contributed by atoms with Gasteiger partial charge >= 0.3 is 0 Å². The Bertz CT molecular complexity index is 1180. The van der Waals surface area contributed by atoms with Gasteiger partial charge in [-0.1, -0.05) is 12.8 Å². The number of anilines is 1. The van der Waals surface area contributed by atoms with Gasteiger partial charge in [-0.3, -0.25) is 14.2 Å². The summed E-state index contributed by atoms with van der Waals surface area (Å²) >= 11 is 0. The van der Waals surface area contributed by atoms with Crippen LogP contribution >= 0.6 is 0 Å². The molecule has 9 nitrogen and oxygen atoms in total. The number of rotatable bonds is 5. The Morgan fingerprint density at radius 1 is 1.16 bits per heavy atom. The molecule has 10 heteroatoms. The lowest BCUT2D eigenvalue weighted by Gasteiger charge is -2.30. The minimum absolute atomic E-state index is 0.0365. The Kier molecular flexibility index (Phi) is 5.87. The summed E-state index contributed by atoms with van der Waals surface area (Å²) in [6, 6.07) is 0.0918. The van der Waals surface area contributed by atoms with E-state index in [1.165, 1.54) is 17.5 Å². The van der Waals surface area contributed by atoms with Crippen molar-refractivity contribution in [3.05, 3.63) is 27.7 Å². The molecule has 168 valence electrons. The summed E-state index contributed by atoms with van der Waals surface area (Å²) in [7, 11) is -3.18. The van der Waals surface area contributed by atoms with Gasteiger partial charge in [-0.05, 0) is 45.1 Å². The van der Waals surface area contributed by atoms with E-state index in [0.29, 0.717) is 48.5 Å². The number of hydrogen-bond acceptors (Lipinski definition) is 7. The van der Waals surface area contributed by atoms with Gasteiger partial charge in [0.15, 0.2) is 5.78 Å². The fourth-order valence-electron chi connectivity index (χ4n) is 4.83. The van der Waals surface area contributed by atoms with Crippen molar-refractivity contribution < 1.29 is 13.2 Å². The number of sulfonamides is 1. The maximum absolute atomic E-state index is 13.3. The number of piperidine rings is 1. The molecule has 1 N–H and O–H groups in total. The fourth-order valence-corrected chi connectivity index (χ4v) is 5.71. The second-order valence-electron chi connectivity index (χ2n) is 8.68. The van der Waals surface area contributed by atoms with Gasteiger partial charge in [-0.2, -0.15) is 4.98 Å². The van der Waals surface area contributed by atoms with Crippen molar-refractivity contribution in [2.45, 2.75) is 64.5 Å². The minimum atomic E-state index is -3.18. The zero-order valence-corrected chi connectivity index (χ0v) is 19.0. The van der Waals surface area contributed by atoms with Gasteiger partial charge in [0.25, 0.3) is 5.56 Å². The highest BCUT2D eigenvalue weighted by atomic mass is 32.2. The first-order valence-electron chi connectivity index (χ1n) is 10.8. The Morgan fingerprint density at radius 2 is 1.81 bits per heavy atom. The van der Waals surface area contributed by atoms with Crippen molar-refractivity contribution in [2.24, 2.45) is 0 Å². The third-order valence-corrected chi connectivity index (χ3v) is 7.81. The molecule has 1 saturated heterocycles. The van der Waals surface area contributed by atoms with Crippen molar-refractivity contribution in [2.75, 3.05) is 24.7 Å². The van der Waals surface area contributed by atoms with Crippen LogP contribution in [0.25, 0.3) is 11.0 Å². The number of carbonyl (C=O) groups is 1. The summed E-state index contributed by atoms with van der Waals surface area (Å²) < 4.78 is 26.6. The fraction of sp³-hybridized carbons (Fsp3) is 0.619. The third-order valence-electron chi connectivity index (χ3n) is 6.51. The van der Waals surface area contributed by atoms with E-state index in [1.54, 1.807) is 17.7 Å². The molecular weight excluding hydrogens is 418 g/mol. The molecule has 1 aliphatic heterocycles. The van der Waals surface area contributed by atoms with Crippen LogP contribution < -0.4 is 10.9 Å². The first-order valence-corrected chi connectivity index (χ1v) is 12.7. The zero-order chi connectivity index (χ0) is 22.3. The normalized spacial score (nSPS) is 19.2. The summed E-state index contributed by atoms with van der Waals surface area (Å²) in [5.41, 5.74) is 1.13. The number of aryl methyl sites for hydroxylation is 1. The largest absolute Gasteiger partial charge is 0.351 e. The van der Waals surface area contributed by atoms with Gasteiger partial charge in [0.05, 0.1) is 11.8 Å². The van der Waals surface area contributed by atoms with E-state index >= 15 is 0 Å². The first kappa shape index (κ1) is 21.9. The quantitative estimate of drug-likeness (QED) is 0.699. The summed E-state index contributed by atoms with van der Waals surface area (Å²) in [6.45, 7) is 4.11. The van der Waals surface area contributed by atoms with Crippen molar-refractivity contribution >= 4 is 32.8 Å². The highest BCUT2D eigenvalue weighted by Crippen LogP contribution is 2.32. The minimum Gasteiger partial charge on any atom is -0.351 e. The van der Waals surface area contributed by atoms with E-state index in [9.17, 15) is 18.0 Å². The van der Waals surface area contributed by atoms with Crippen molar-refractivity contribution in [1.29, 1.82) is 0 Å². The summed E-state index contributed by atoms with van der Waals surface area (Å²) in [6.07, 6.45) is 8.13. The molecule has 0 bridgehead atoms. The van der Waals surface area contributed by atoms with Crippen LogP contribution in [0.4, 0.5) is 5.95 Å². The lowest BCUT2D eigenvalue weighted by Crippen LogP contribution is -2.42. The molecule has 0 unspecified atom stereocenters. The Balaban J connectivity index is 1.70. The predicted octanol–water partition coefficient (Wildman–Crippen LogP) is 2.25. The molecule has 1 saturated carbocycles. The summed E-state index contributed by atoms with van der Waals surface area (Å²) in [5, 5.41) is 4.03. The van der Waals surface area contributed by atoms with Crippen LogP contribution in [0.15, 0.2) is 11.0 Å². The van der Waals surface area contributed by atoms with Gasteiger partial charge in [0.2, 0.25) is 16.0 Å². The van der Waals surface area contributed by atoms with Crippen LogP contribution in [-0.2, 0) is 10.0 Å². The van der Waals surface area contributed by atoms with Crippen LogP contribution in [0.2, 0.25) is 0 Å². The number of aromatic nitrogens is 3. The molecule has 2 fully saturated rings. The van der Waals surface area contributed by atoms with Crippen LogP contribution in [0.3, 0.4) is 0 Å². The number of fused-ring (bicyclic) bond motifs is 1. The average Bonchev–Trinajstić information content (AvgIpc) is 3.22. The number of ketones is 1. The second kappa shape index (κ2) is 8.31. The van der Waals surface area contributed by atoms with Crippen molar-refractivity contribution in [3.63, 3.8) is 0 Å². The number of Topliss-reactive ketones (excluding diaryl/α,β-unsaturated/α-hetero) is 1. The van der Waals surface area contributed by atoms with E-state index in [0.717, 1.165) is 25.7 Å². The smallest absolute Gasteiger partial charge is 0.263 e. The highest BCUT2D eigenvalue weighted by molar-refractivity contribution is 7.88. The highest BCUT2D eigenvalue weighted by Gasteiger charge is 2.27. The summed E-state index contributed by atoms with van der Waals surface area (Å²) in [5.74, 6) is 0.183. The van der Waals surface area contributed by atoms with Crippen molar-refractivity contribution in [1.82, 2.24) is 18.8 Å². The maximum Gasteiger partial charge on any atom is 0.263 e. The van der Waals surface area contributed by atoms with Crippen LogP contribution in [-0.4, -0.2) is 58.4 Å². The van der Waals surface area contributed by atoms with Gasteiger partial charge in [0.1, 0.15) is 5.65 Å². The Hall–Kier alpha value is -2.33. The Morgan fingerprint density at radius 3 is 2.39 bits per heavy atom. The lowest BCUT2D eigenvalue weighted by atomic mass is 10.0. The standard InChI is InChI=1S/C21H29N5O4S/c1-13-17-12-22-21(23-15-8-10-25(11-9-15)31(3,29)30)24-19(17)26(16-6-4-5-7-16)20(28)18(13)14(2)27/h12,15-16H,4-11H2,1-3H3,(H,22,23,24). The number of nitrogens with zero attached hydrogens (tertiary/aromatic N) is 4. The molecule has 3 heterocycles. The SMILES string of the molecule is CC(=O)c1c(C)c2cnc(NC3CCN(S(C)(=O)=O)CC3)nc2n(C2CCCC2)c1=O. The van der Waals surface area contributed by atoms with Gasteiger partial charge < -0.3 is 5.32 Å². The van der Waals surface area contributed by atoms with E-state index in [1.807, 2.05) is 0 Å². The molecule has 2 aliphatic rings. The topological polar surface area (TPSA) is 114 Å². The Labute approximate surface area is 181 Å². The van der Waals surface area contributed by atoms with Crippen LogP contribution in [0.1, 0.15) is 67.4 Å². The van der Waals surface area contributed by atoms with Gasteiger partial charge in [-0.15, -0.1) is 0 Å². The number of carbonyl (C=O) groups excluding carboxylic acids is 1. The lowest BCUT2D eigenvalue weighted by molar-refractivity contribution is 0.101. The molecule has 0 radical (unpaired) electrons. The number of hydrogen-bond donors (Lipinski definition) is 1. The van der Waals surface area contributed by atoms with E-state index in [2.05, 4.69) is 10.3 Å². The molecule has 0 spiro atoms. The van der Waals surface area contributed by atoms with E-state index in [-0.39, 0.29) is 29.0 Å². The van der Waals surface area contributed by atoms with E-state index in [4.69, 9.17) is 4.98 Å². The molecule has 31 heavy (non-hydrogen) atoms. The summed E-state index contributed by atoms with van der Waals surface area (Å²) in [4.78, 5) is 34.6. The van der Waals surface area contributed by atoms with Gasteiger partial charge in [0, 0.05) is 36.8 Å². The van der Waals surface area contributed by atoms with Crippen LogP contribution in [0.5, 0.6) is 0 Å². The average molecular weight is 448 g/mol. The second-order valence-corrected chi connectivity index (χ2v) is 10.7. The number of nitrogens with one attached hydrogen (secondary N) is 1. The molecule has 0 amide bonds. The molecule has 2 aromatic rings. The molecular formula is C21H29N5O4S. The first-order chi connectivity index (χ1) is 14.7. The zero-order valence-electron chi connectivity index (χ0n) is 18.2. The van der Waals surface area contributed by atoms with Crippen LogP contribution in [0, 0.1) is 6.92 Å². The molecule has 0 atom stereocenters. The van der Waals surface area contributed by atoms with Crippen molar-refractivity contribution in [3.8, 4) is 0 Å². The molecule has 4 rings (SSSR count).